The summed E-state index contributed by atoms with van der Waals surface area (Å²) in [6.07, 6.45) is 5.43. The Morgan fingerprint density at radius 3 is 2.91 bits per heavy atom. The molecular weight excluding hydrogens is 422 g/mol. The molecule has 1 aliphatic rings. The third kappa shape index (κ3) is 4.09. The zero-order chi connectivity index (χ0) is 22.9. The van der Waals surface area contributed by atoms with Gasteiger partial charge in [0.05, 0.1) is 13.3 Å². The summed E-state index contributed by atoms with van der Waals surface area (Å²) in [4.78, 5) is 33.1. The summed E-state index contributed by atoms with van der Waals surface area (Å²) < 4.78 is 12.0. The van der Waals surface area contributed by atoms with Crippen LogP contribution in [0.2, 0.25) is 0 Å². The second-order valence-corrected chi connectivity index (χ2v) is 8.33. The SMILES string of the molecule is COC(=O)CC1CC(c2nc(-c3ccc(C)c(NC(=O)c4cnc5ccccn45)c3)no2)C1. The van der Waals surface area contributed by atoms with Gasteiger partial charge in [-0.25, -0.2) is 4.98 Å². The Bertz CT molecular complexity index is 1340. The first-order valence-corrected chi connectivity index (χ1v) is 10.8. The smallest absolute Gasteiger partial charge is 0.305 e. The minimum Gasteiger partial charge on any atom is -0.469 e. The van der Waals surface area contributed by atoms with Crippen molar-refractivity contribution in [2.24, 2.45) is 5.92 Å². The van der Waals surface area contributed by atoms with E-state index in [0.717, 1.165) is 24.0 Å². The van der Waals surface area contributed by atoms with Crippen LogP contribution in [-0.2, 0) is 9.53 Å². The van der Waals surface area contributed by atoms with Crippen molar-refractivity contribution >= 4 is 23.2 Å². The number of imidazole rings is 1. The number of amides is 1. The van der Waals surface area contributed by atoms with Crippen LogP contribution in [0, 0.1) is 12.8 Å². The Hall–Kier alpha value is -4.01. The number of benzene rings is 1. The molecule has 4 aromatic rings. The van der Waals surface area contributed by atoms with E-state index in [9.17, 15) is 9.59 Å². The van der Waals surface area contributed by atoms with Gasteiger partial charge in [0, 0.05) is 29.8 Å². The zero-order valence-corrected chi connectivity index (χ0v) is 18.3. The average molecular weight is 445 g/mol. The van der Waals surface area contributed by atoms with Gasteiger partial charge in [-0.15, -0.1) is 0 Å². The van der Waals surface area contributed by atoms with Crippen molar-refractivity contribution in [3.8, 4) is 11.4 Å². The first-order valence-electron chi connectivity index (χ1n) is 10.8. The number of hydrogen-bond donors (Lipinski definition) is 1. The van der Waals surface area contributed by atoms with Gasteiger partial charge in [0.15, 0.2) is 0 Å². The first-order chi connectivity index (χ1) is 16.0. The third-order valence-electron chi connectivity index (χ3n) is 6.10. The van der Waals surface area contributed by atoms with E-state index in [1.807, 2.05) is 43.3 Å². The summed E-state index contributed by atoms with van der Waals surface area (Å²) in [5.41, 5.74) is 3.47. The van der Waals surface area contributed by atoms with Crippen molar-refractivity contribution in [1.82, 2.24) is 19.5 Å². The molecule has 3 heterocycles. The lowest BCUT2D eigenvalue weighted by Crippen LogP contribution is -2.25. The maximum Gasteiger partial charge on any atom is 0.305 e. The maximum atomic E-state index is 12.9. The summed E-state index contributed by atoms with van der Waals surface area (Å²) in [5.74, 6) is 1.03. The highest BCUT2D eigenvalue weighted by molar-refractivity contribution is 6.04. The molecule has 33 heavy (non-hydrogen) atoms. The van der Waals surface area contributed by atoms with Gasteiger partial charge in [-0.1, -0.05) is 23.4 Å². The number of hydrogen-bond acceptors (Lipinski definition) is 7. The number of aryl methyl sites for hydroxylation is 1. The molecule has 3 aromatic heterocycles. The predicted molar refractivity (Wildman–Crippen MR) is 120 cm³/mol. The zero-order valence-electron chi connectivity index (χ0n) is 18.3. The Morgan fingerprint density at radius 1 is 1.24 bits per heavy atom. The first kappa shape index (κ1) is 20.9. The van der Waals surface area contributed by atoms with E-state index in [1.54, 1.807) is 16.8 Å². The molecule has 1 aliphatic carbocycles. The number of methoxy groups -OCH3 is 1. The minimum atomic E-state index is -0.256. The van der Waals surface area contributed by atoms with Crippen molar-refractivity contribution in [3.05, 3.63) is 65.9 Å². The lowest BCUT2D eigenvalue weighted by Gasteiger charge is -2.31. The number of rotatable bonds is 6. The molecule has 9 heteroatoms. The van der Waals surface area contributed by atoms with E-state index in [2.05, 4.69) is 20.4 Å². The molecule has 1 aromatic carbocycles. The molecule has 0 saturated heterocycles. The summed E-state index contributed by atoms with van der Waals surface area (Å²) in [7, 11) is 1.40. The number of fused-ring (bicyclic) bond motifs is 1. The highest BCUT2D eigenvalue weighted by atomic mass is 16.5. The van der Waals surface area contributed by atoms with Gasteiger partial charge in [-0.05, 0) is 49.4 Å². The summed E-state index contributed by atoms with van der Waals surface area (Å²) in [6.45, 7) is 1.92. The van der Waals surface area contributed by atoms with E-state index >= 15 is 0 Å². The molecule has 9 nitrogen and oxygen atoms in total. The van der Waals surface area contributed by atoms with Gasteiger partial charge in [-0.2, -0.15) is 4.98 Å². The number of carbonyl (C=O) groups excluding carboxylic acids is 2. The van der Waals surface area contributed by atoms with E-state index in [1.165, 1.54) is 7.11 Å². The molecule has 0 bridgehead atoms. The van der Waals surface area contributed by atoms with E-state index in [4.69, 9.17) is 9.26 Å². The number of pyridine rings is 1. The standard InChI is InChI=1S/C24H23N5O4/c1-14-6-7-16(22-27-24(33-28-22)17-9-15(10-17)11-21(30)32-2)12-18(14)26-23(31)19-13-25-20-5-3-4-8-29(19)20/h3-8,12-13,15,17H,9-11H2,1-2H3,(H,26,31). The number of nitrogens with one attached hydrogen (secondary N) is 1. The molecule has 1 saturated carbocycles. The van der Waals surface area contributed by atoms with E-state index in [-0.39, 0.29) is 17.8 Å². The van der Waals surface area contributed by atoms with Crippen LogP contribution >= 0.6 is 0 Å². The number of carbonyl (C=O) groups is 2. The van der Waals surface area contributed by atoms with Gasteiger partial charge in [-0.3, -0.25) is 14.0 Å². The average Bonchev–Trinajstić information content (AvgIpc) is 3.44. The monoisotopic (exact) mass is 445 g/mol. The topological polar surface area (TPSA) is 112 Å². The minimum absolute atomic E-state index is 0.153. The molecule has 0 radical (unpaired) electrons. The fourth-order valence-electron chi connectivity index (χ4n) is 4.12. The van der Waals surface area contributed by atoms with Gasteiger partial charge in [0.25, 0.3) is 5.91 Å². The number of anilines is 1. The molecule has 5 rings (SSSR count). The lowest BCUT2D eigenvalue weighted by molar-refractivity contribution is -0.142. The van der Waals surface area contributed by atoms with Gasteiger partial charge in [0.1, 0.15) is 11.3 Å². The van der Waals surface area contributed by atoms with Crippen molar-refractivity contribution in [2.45, 2.75) is 32.1 Å². The van der Waals surface area contributed by atoms with Crippen molar-refractivity contribution in [2.75, 3.05) is 12.4 Å². The highest BCUT2D eigenvalue weighted by Gasteiger charge is 2.35. The summed E-state index contributed by atoms with van der Waals surface area (Å²) in [5, 5.41) is 7.09. The van der Waals surface area contributed by atoms with E-state index < -0.39 is 0 Å². The molecule has 0 unspecified atom stereocenters. The van der Waals surface area contributed by atoms with Gasteiger partial charge < -0.3 is 14.6 Å². The van der Waals surface area contributed by atoms with E-state index in [0.29, 0.717) is 41.1 Å². The van der Waals surface area contributed by atoms with Gasteiger partial charge >= 0.3 is 5.97 Å². The Morgan fingerprint density at radius 2 is 2.09 bits per heavy atom. The Balaban J connectivity index is 1.30. The molecule has 0 spiro atoms. The van der Waals surface area contributed by atoms with Crippen LogP contribution in [-0.4, -0.2) is 38.5 Å². The van der Waals surface area contributed by atoms with Crippen LogP contribution < -0.4 is 5.32 Å². The molecule has 168 valence electrons. The van der Waals surface area contributed by atoms with Crippen molar-refractivity contribution in [3.63, 3.8) is 0 Å². The largest absolute Gasteiger partial charge is 0.469 e. The molecule has 1 amide bonds. The Labute approximate surface area is 189 Å². The van der Waals surface area contributed by atoms with Gasteiger partial charge in [0.2, 0.25) is 11.7 Å². The van der Waals surface area contributed by atoms with Crippen LogP contribution in [0.4, 0.5) is 5.69 Å². The van der Waals surface area contributed by atoms with Crippen molar-refractivity contribution < 1.29 is 18.8 Å². The summed E-state index contributed by atoms with van der Waals surface area (Å²) in [6, 6.07) is 11.2. The second-order valence-electron chi connectivity index (χ2n) is 8.33. The summed E-state index contributed by atoms with van der Waals surface area (Å²) >= 11 is 0. The quantitative estimate of drug-likeness (QED) is 0.447. The number of ether oxygens (including phenoxy) is 1. The van der Waals surface area contributed by atoms with Crippen LogP contribution in [0.3, 0.4) is 0 Å². The molecule has 1 N–H and O–H groups in total. The van der Waals surface area contributed by atoms with Crippen LogP contribution in [0.25, 0.3) is 17.0 Å². The normalized spacial score (nSPS) is 17.5. The number of nitrogens with zero attached hydrogens (tertiary/aromatic N) is 4. The molecule has 0 aliphatic heterocycles. The number of esters is 1. The second kappa shape index (κ2) is 8.50. The lowest BCUT2D eigenvalue weighted by atomic mass is 9.73. The molecule has 0 atom stereocenters. The third-order valence-corrected chi connectivity index (χ3v) is 6.10. The number of aromatic nitrogens is 4. The van der Waals surface area contributed by atoms with Crippen LogP contribution in [0.15, 0.2) is 53.3 Å². The highest BCUT2D eigenvalue weighted by Crippen LogP contribution is 2.43. The van der Waals surface area contributed by atoms with Crippen molar-refractivity contribution in [1.29, 1.82) is 0 Å². The van der Waals surface area contributed by atoms with Crippen LogP contribution in [0.1, 0.15) is 47.1 Å². The predicted octanol–water partition coefficient (Wildman–Crippen LogP) is 4.00. The molecular formula is C24H23N5O4. The maximum absolute atomic E-state index is 12.9. The fraction of sp³-hybridized carbons (Fsp3) is 0.292. The Kier molecular flexibility index (Phi) is 5.37. The fourth-order valence-corrected chi connectivity index (χ4v) is 4.12. The van der Waals surface area contributed by atoms with Crippen LogP contribution in [0.5, 0.6) is 0 Å². The molecule has 1 fully saturated rings.